The van der Waals surface area contributed by atoms with Crippen LogP contribution in [0.5, 0.6) is 0 Å². The van der Waals surface area contributed by atoms with Crippen molar-refractivity contribution in [3.05, 3.63) is 72.9 Å². The van der Waals surface area contributed by atoms with E-state index in [1.165, 1.54) is 70.6 Å². The highest BCUT2D eigenvalue weighted by atomic mass is 16.6. The van der Waals surface area contributed by atoms with Crippen LogP contribution in [0.4, 0.5) is 0 Å². The van der Waals surface area contributed by atoms with E-state index in [0.717, 1.165) is 96.3 Å². The number of quaternary nitrogens is 1. The summed E-state index contributed by atoms with van der Waals surface area (Å²) in [7, 11) is 5.40. The van der Waals surface area contributed by atoms with Gasteiger partial charge in [0.05, 0.1) is 40.3 Å². The number of carbonyl (C=O) groups is 3. The first kappa shape index (κ1) is 58.8. The molecule has 0 amide bonds. The number of hydrogen-bond donors (Lipinski definition) is 0. The predicted octanol–water partition coefficient (Wildman–Crippen LogP) is 13.0. The first-order valence-electron chi connectivity index (χ1n) is 25.0. The molecule has 0 heterocycles. The third-order valence-corrected chi connectivity index (χ3v) is 10.8. The minimum absolute atomic E-state index is 0.0291. The summed E-state index contributed by atoms with van der Waals surface area (Å²) in [5.41, 5.74) is 0. The second-order valence-electron chi connectivity index (χ2n) is 17.7. The molecule has 0 saturated heterocycles. The fourth-order valence-corrected chi connectivity index (χ4v) is 6.97. The van der Waals surface area contributed by atoms with Gasteiger partial charge in [-0.3, -0.25) is 9.59 Å². The SMILES string of the molecule is CC/C=C/C/C=C/C/C=C/C/C=C/C/C=C/CCCCCCCCC(=O)OC(COCCC(C(=O)[O-])[N+](C)(C)C)COC(=O)CCCCCCC/C=C/CCCCCCCCC. The van der Waals surface area contributed by atoms with Crippen LogP contribution in [-0.4, -0.2) is 75.5 Å². The lowest BCUT2D eigenvalue weighted by Gasteiger charge is -2.34. The summed E-state index contributed by atoms with van der Waals surface area (Å²) in [4.78, 5) is 37.0. The molecule has 0 aliphatic carbocycles. The van der Waals surface area contributed by atoms with Gasteiger partial charge in [-0.1, -0.05) is 170 Å². The Morgan fingerprint density at radius 3 is 1.35 bits per heavy atom. The van der Waals surface area contributed by atoms with E-state index in [9.17, 15) is 19.5 Å². The highest BCUT2D eigenvalue weighted by Crippen LogP contribution is 2.14. The van der Waals surface area contributed by atoms with Gasteiger partial charge in [0.15, 0.2) is 6.10 Å². The highest BCUT2D eigenvalue weighted by Gasteiger charge is 2.25. The molecule has 356 valence electrons. The summed E-state index contributed by atoms with van der Waals surface area (Å²) in [6, 6.07) is -0.733. The van der Waals surface area contributed by atoms with Gasteiger partial charge in [-0.15, -0.1) is 0 Å². The van der Waals surface area contributed by atoms with E-state index < -0.39 is 18.1 Å². The number of nitrogens with zero attached hydrogens (tertiary/aromatic N) is 1. The van der Waals surface area contributed by atoms with E-state index in [1.54, 1.807) is 21.1 Å². The van der Waals surface area contributed by atoms with Crippen LogP contribution in [0, 0.1) is 0 Å². The Morgan fingerprint density at radius 1 is 0.500 bits per heavy atom. The number of esters is 2. The van der Waals surface area contributed by atoms with Crippen molar-refractivity contribution in [3.63, 3.8) is 0 Å². The molecule has 0 aliphatic rings. The second-order valence-corrected chi connectivity index (χ2v) is 17.7. The molecule has 0 aromatic rings. The Bertz CT molecular complexity index is 1240. The summed E-state index contributed by atoms with van der Waals surface area (Å²) in [5, 5.41) is 11.7. The van der Waals surface area contributed by atoms with Crippen LogP contribution in [-0.2, 0) is 28.6 Å². The number of unbranched alkanes of at least 4 members (excludes halogenated alkanes) is 18. The van der Waals surface area contributed by atoms with Crippen molar-refractivity contribution in [1.29, 1.82) is 0 Å². The van der Waals surface area contributed by atoms with Crippen LogP contribution < -0.4 is 5.11 Å². The van der Waals surface area contributed by atoms with E-state index >= 15 is 0 Å². The summed E-state index contributed by atoms with van der Waals surface area (Å²) in [6.45, 7) is 4.52. The Morgan fingerprint density at radius 2 is 0.903 bits per heavy atom. The zero-order valence-corrected chi connectivity index (χ0v) is 40.5. The van der Waals surface area contributed by atoms with Crippen molar-refractivity contribution in [2.75, 3.05) is 41.0 Å². The van der Waals surface area contributed by atoms with Crippen LogP contribution in [0.25, 0.3) is 0 Å². The molecule has 0 spiro atoms. The van der Waals surface area contributed by atoms with E-state index in [0.29, 0.717) is 12.8 Å². The van der Waals surface area contributed by atoms with Crippen LogP contribution in [0.3, 0.4) is 0 Å². The summed E-state index contributed by atoms with van der Waals surface area (Å²) in [5.74, 6) is -1.77. The molecular formula is C54H93NO7. The van der Waals surface area contributed by atoms with Crippen molar-refractivity contribution >= 4 is 17.9 Å². The molecule has 0 fully saturated rings. The minimum Gasteiger partial charge on any atom is -0.544 e. The molecule has 2 atom stereocenters. The van der Waals surface area contributed by atoms with Gasteiger partial charge in [-0.2, -0.15) is 0 Å². The first-order valence-corrected chi connectivity index (χ1v) is 25.0. The number of hydrogen-bond acceptors (Lipinski definition) is 7. The lowest BCUT2D eigenvalue weighted by Crippen LogP contribution is -2.55. The number of rotatable bonds is 44. The fourth-order valence-electron chi connectivity index (χ4n) is 6.97. The van der Waals surface area contributed by atoms with E-state index in [4.69, 9.17) is 14.2 Å². The van der Waals surface area contributed by atoms with E-state index in [-0.39, 0.29) is 42.7 Å². The molecule has 8 heteroatoms. The molecule has 0 saturated carbocycles. The third-order valence-electron chi connectivity index (χ3n) is 10.8. The number of carboxylic acid groups (broad SMARTS) is 1. The standard InChI is InChI=1S/C54H93NO7/c1-6-8-10-12-14-16-18-20-22-24-25-26-27-28-29-31-33-35-37-39-41-43-45-53(57)62-50(48-60-47-46-51(54(58)59)55(3,4)5)49-61-52(56)44-42-40-38-36-34-32-30-23-21-19-17-15-13-11-9-7-2/h8,10,14,16,20,22-23,25-26,28-30,50-51H,6-7,9,11-13,15,17-19,21,24,27,31-49H2,1-5H3/b10-8+,16-14+,22-20+,26-25+,29-28+,30-23+. The van der Waals surface area contributed by atoms with Gasteiger partial charge in [0.1, 0.15) is 12.6 Å². The molecule has 2 unspecified atom stereocenters. The Balaban J connectivity index is 4.32. The maximum atomic E-state index is 12.8. The maximum absolute atomic E-state index is 12.8. The average molecular weight is 868 g/mol. The van der Waals surface area contributed by atoms with Gasteiger partial charge in [0, 0.05) is 19.3 Å². The molecule has 0 N–H and O–H groups in total. The number of allylic oxidation sites excluding steroid dienone is 12. The second kappa shape index (κ2) is 44.4. The van der Waals surface area contributed by atoms with Crippen LogP contribution in [0.1, 0.15) is 200 Å². The summed E-state index contributed by atoms with van der Waals surface area (Å²) < 4.78 is 17.2. The van der Waals surface area contributed by atoms with Gasteiger partial charge < -0.3 is 28.6 Å². The van der Waals surface area contributed by atoms with Gasteiger partial charge in [0.25, 0.3) is 0 Å². The van der Waals surface area contributed by atoms with Crippen molar-refractivity contribution in [3.8, 4) is 0 Å². The predicted molar refractivity (Wildman–Crippen MR) is 259 cm³/mol. The molecule has 0 aromatic heterocycles. The molecule has 62 heavy (non-hydrogen) atoms. The highest BCUT2D eigenvalue weighted by molar-refractivity contribution is 5.70. The molecular weight excluding hydrogens is 775 g/mol. The minimum atomic E-state index is -1.13. The quantitative estimate of drug-likeness (QED) is 0.0260. The maximum Gasteiger partial charge on any atom is 0.306 e. The molecule has 8 nitrogen and oxygen atoms in total. The number of carbonyl (C=O) groups excluding carboxylic acids is 3. The van der Waals surface area contributed by atoms with Gasteiger partial charge in [-0.05, 0) is 83.5 Å². The van der Waals surface area contributed by atoms with Crippen LogP contribution in [0.15, 0.2) is 72.9 Å². The number of aliphatic carboxylic acids is 1. The zero-order valence-electron chi connectivity index (χ0n) is 40.5. The van der Waals surface area contributed by atoms with Crippen molar-refractivity contribution in [2.24, 2.45) is 0 Å². The van der Waals surface area contributed by atoms with E-state index in [2.05, 4.69) is 86.8 Å². The lowest BCUT2D eigenvalue weighted by molar-refractivity contribution is -0.889. The Kier molecular flexibility index (Phi) is 42.1. The summed E-state index contributed by atoms with van der Waals surface area (Å²) >= 11 is 0. The van der Waals surface area contributed by atoms with Crippen molar-refractivity contribution in [2.45, 2.75) is 212 Å². The number of carboxylic acids is 1. The van der Waals surface area contributed by atoms with Crippen molar-refractivity contribution in [1.82, 2.24) is 0 Å². The topological polar surface area (TPSA) is 102 Å². The van der Waals surface area contributed by atoms with Crippen LogP contribution >= 0.6 is 0 Å². The summed E-state index contributed by atoms with van der Waals surface area (Å²) in [6.07, 6.45) is 56.4. The number of likely N-dealkylation sites (N-methyl/N-ethyl adjacent to an activating group) is 1. The lowest BCUT2D eigenvalue weighted by atomic mass is 10.1. The van der Waals surface area contributed by atoms with Gasteiger partial charge in [-0.25, -0.2) is 0 Å². The zero-order chi connectivity index (χ0) is 45.6. The molecule has 0 rings (SSSR count). The average Bonchev–Trinajstić information content (AvgIpc) is 3.23. The Hall–Kier alpha value is -3.23. The largest absolute Gasteiger partial charge is 0.544 e. The van der Waals surface area contributed by atoms with Gasteiger partial charge >= 0.3 is 11.9 Å². The van der Waals surface area contributed by atoms with Crippen molar-refractivity contribution < 1.29 is 38.2 Å². The first-order chi connectivity index (χ1) is 30.1. The normalized spacial score (nSPS) is 13.5. The van der Waals surface area contributed by atoms with Gasteiger partial charge in [0.2, 0.25) is 0 Å². The smallest absolute Gasteiger partial charge is 0.306 e. The third kappa shape index (κ3) is 42.1. The molecule has 0 aromatic carbocycles. The van der Waals surface area contributed by atoms with E-state index in [1.807, 2.05) is 0 Å². The monoisotopic (exact) mass is 868 g/mol. The number of ether oxygens (including phenoxy) is 3. The molecule has 0 bridgehead atoms. The Labute approximate surface area is 381 Å². The molecule has 0 radical (unpaired) electrons. The molecule has 0 aliphatic heterocycles. The fraction of sp³-hybridized carbons (Fsp3) is 0.722. The van der Waals surface area contributed by atoms with Crippen LogP contribution in [0.2, 0.25) is 0 Å².